The number of carbonyl (C=O) groups is 1. The van der Waals surface area contributed by atoms with E-state index in [0.717, 1.165) is 30.5 Å². The molecule has 3 aromatic rings. The predicted molar refractivity (Wildman–Crippen MR) is 127 cm³/mol. The molecule has 1 aliphatic carbocycles. The molecule has 0 fully saturated rings. The number of aromatic nitrogens is 2. The summed E-state index contributed by atoms with van der Waals surface area (Å²) < 4.78 is 1.63. The molecule has 0 aliphatic heterocycles. The van der Waals surface area contributed by atoms with E-state index in [1.807, 2.05) is 18.2 Å². The molecule has 1 amide bonds. The molecule has 0 saturated heterocycles. The summed E-state index contributed by atoms with van der Waals surface area (Å²) in [6.45, 7) is 0.658. The molecule has 7 heteroatoms. The van der Waals surface area contributed by atoms with Crippen LogP contribution in [0.15, 0.2) is 60.2 Å². The second-order valence-electron chi connectivity index (χ2n) is 7.66. The lowest BCUT2D eigenvalue weighted by Gasteiger charge is -2.13. The molecule has 0 saturated carbocycles. The van der Waals surface area contributed by atoms with Crippen LogP contribution in [0.1, 0.15) is 42.5 Å². The number of halogens is 2. The van der Waals surface area contributed by atoms with Gasteiger partial charge in [-0.25, -0.2) is 4.68 Å². The quantitative estimate of drug-likeness (QED) is 0.445. The number of nitrogens with one attached hydrogen (secondary N) is 1. The van der Waals surface area contributed by atoms with Crippen LogP contribution in [0.5, 0.6) is 0 Å². The fourth-order valence-electron chi connectivity index (χ4n) is 3.72. The highest BCUT2D eigenvalue weighted by atomic mass is 35.5. The topological polar surface area (TPSA) is 72.9 Å². The van der Waals surface area contributed by atoms with Gasteiger partial charge in [-0.2, -0.15) is 5.10 Å². The van der Waals surface area contributed by atoms with Crippen LogP contribution in [0.25, 0.3) is 16.9 Å². The number of amides is 1. The molecule has 0 atom stereocenters. The molecule has 2 aromatic carbocycles. The van der Waals surface area contributed by atoms with E-state index in [2.05, 4.69) is 16.5 Å². The van der Waals surface area contributed by atoms with Gasteiger partial charge in [0.25, 0.3) is 5.91 Å². The molecular formula is C24H24Cl2N4O. The monoisotopic (exact) mass is 454 g/mol. The van der Waals surface area contributed by atoms with Gasteiger partial charge in [-0.1, -0.05) is 40.9 Å². The lowest BCUT2D eigenvalue weighted by molar-refractivity contribution is 0.0954. The van der Waals surface area contributed by atoms with Crippen molar-refractivity contribution in [2.75, 3.05) is 12.3 Å². The van der Waals surface area contributed by atoms with Crippen LogP contribution in [-0.2, 0) is 0 Å². The SMILES string of the molecule is Nc1cc(-c2ccc(Cl)c(Cl)c2)nn1-c1ccc(C(=O)NCCC2=CCCCC2)cc1. The molecule has 1 heterocycles. The molecule has 1 aromatic heterocycles. The fourth-order valence-corrected chi connectivity index (χ4v) is 4.02. The summed E-state index contributed by atoms with van der Waals surface area (Å²) in [5, 5.41) is 8.53. The third kappa shape index (κ3) is 5.12. The van der Waals surface area contributed by atoms with Crippen molar-refractivity contribution in [3.8, 4) is 16.9 Å². The summed E-state index contributed by atoms with van der Waals surface area (Å²) >= 11 is 12.1. The number of benzene rings is 2. The Hall–Kier alpha value is -2.76. The van der Waals surface area contributed by atoms with E-state index in [1.165, 1.54) is 18.4 Å². The Morgan fingerprint density at radius 1 is 1.06 bits per heavy atom. The zero-order chi connectivity index (χ0) is 21.8. The molecule has 31 heavy (non-hydrogen) atoms. The molecular weight excluding hydrogens is 431 g/mol. The van der Waals surface area contributed by atoms with Crippen LogP contribution in [0.3, 0.4) is 0 Å². The van der Waals surface area contributed by atoms with Gasteiger partial charge in [-0.05, 0) is 68.5 Å². The summed E-state index contributed by atoms with van der Waals surface area (Å²) in [5.74, 6) is 0.409. The van der Waals surface area contributed by atoms with Crippen molar-refractivity contribution < 1.29 is 4.79 Å². The zero-order valence-electron chi connectivity index (χ0n) is 17.1. The van der Waals surface area contributed by atoms with Crippen LogP contribution in [0.4, 0.5) is 5.82 Å². The standard InChI is InChI=1S/C24H24Cl2N4O/c25-20-11-8-18(14-21(20)26)22-15-23(27)30(29-22)19-9-6-17(7-10-19)24(31)28-13-12-16-4-2-1-3-5-16/h4,6-11,14-15H,1-3,5,12-13,27H2,(H,28,31). The molecule has 160 valence electrons. The highest BCUT2D eigenvalue weighted by Gasteiger charge is 2.12. The molecule has 0 bridgehead atoms. The lowest BCUT2D eigenvalue weighted by atomic mass is 9.97. The maximum absolute atomic E-state index is 12.4. The number of nitrogens with two attached hydrogens (primary N) is 1. The Kier molecular flexibility index (Phi) is 6.64. The number of nitrogen functional groups attached to an aromatic ring is 1. The van der Waals surface area contributed by atoms with Crippen molar-refractivity contribution in [2.45, 2.75) is 32.1 Å². The number of hydrogen-bond acceptors (Lipinski definition) is 3. The number of carbonyl (C=O) groups excluding carboxylic acids is 1. The normalized spacial score (nSPS) is 13.7. The second-order valence-corrected chi connectivity index (χ2v) is 8.47. The number of anilines is 1. The maximum Gasteiger partial charge on any atom is 0.251 e. The van der Waals surface area contributed by atoms with Crippen LogP contribution in [0, 0.1) is 0 Å². The van der Waals surface area contributed by atoms with Gasteiger partial charge in [0.15, 0.2) is 0 Å². The first-order chi connectivity index (χ1) is 15.0. The Bertz CT molecular complexity index is 1120. The third-order valence-electron chi connectivity index (χ3n) is 5.44. The Morgan fingerprint density at radius 3 is 2.58 bits per heavy atom. The predicted octanol–water partition coefficient (Wildman–Crippen LogP) is 6.05. The van der Waals surface area contributed by atoms with Gasteiger partial charge in [0, 0.05) is 23.7 Å². The van der Waals surface area contributed by atoms with E-state index < -0.39 is 0 Å². The third-order valence-corrected chi connectivity index (χ3v) is 6.18. The molecule has 5 nitrogen and oxygen atoms in total. The molecule has 4 rings (SSSR count). The minimum absolute atomic E-state index is 0.0760. The summed E-state index contributed by atoms with van der Waals surface area (Å²) in [6.07, 6.45) is 8.08. The zero-order valence-corrected chi connectivity index (χ0v) is 18.6. The first kappa shape index (κ1) is 21.5. The highest BCUT2D eigenvalue weighted by Crippen LogP contribution is 2.29. The van der Waals surface area contributed by atoms with Gasteiger partial charge in [-0.3, -0.25) is 4.79 Å². The summed E-state index contributed by atoms with van der Waals surface area (Å²) in [6, 6.07) is 14.3. The maximum atomic E-state index is 12.4. The van der Waals surface area contributed by atoms with Gasteiger partial charge in [0.05, 0.1) is 21.4 Å². The average molecular weight is 455 g/mol. The number of nitrogens with zero attached hydrogens (tertiary/aromatic N) is 2. The number of rotatable bonds is 6. The van der Waals surface area contributed by atoms with Crippen LogP contribution in [0.2, 0.25) is 10.0 Å². The Balaban J connectivity index is 1.43. The van der Waals surface area contributed by atoms with Gasteiger partial charge in [-0.15, -0.1) is 0 Å². The van der Waals surface area contributed by atoms with Crippen molar-refractivity contribution in [2.24, 2.45) is 0 Å². The molecule has 0 spiro atoms. The van der Waals surface area contributed by atoms with Crippen molar-refractivity contribution in [1.82, 2.24) is 15.1 Å². The lowest BCUT2D eigenvalue weighted by Crippen LogP contribution is -2.24. The minimum atomic E-state index is -0.0760. The summed E-state index contributed by atoms with van der Waals surface area (Å²) in [7, 11) is 0. The van der Waals surface area contributed by atoms with Gasteiger partial charge in [0.2, 0.25) is 0 Å². The van der Waals surface area contributed by atoms with E-state index in [-0.39, 0.29) is 5.91 Å². The van der Waals surface area contributed by atoms with Gasteiger partial charge in [0.1, 0.15) is 5.82 Å². The first-order valence-corrected chi connectivity index (χ1v) is 11.1. The van der Waals surface area contributed by atoms with E-state index >= 15 is 0 Å². The van der Waals surface area contributed by atoms with Crippen LogP contribution >= 0.6 is 23.2 Å². The van der Waals surface area contributed by atoms with Gasteiger partial charge < -0.3 is 11.1 Å². The smallest absolute Gasteiger partial charge is 0.251 e. The minimum Gasteiger partial charge on any atom is -0.384 e. The van der Waals surface area contributed by atoms with Crippen molar-refractivity contribution in [1.29, 1.82) is 0 Å². The fraction of sp³-hybridized carbons (Fsp3) is 0.250. The number of allylic oxidation sites excluding steroid dienone is 1. The first-order valence-electron chi connectivity index (χ1n) is 10.4. The van der Waals surface area contributed by atoms with Crippen molar-refractivity contribution >= 4 is 34.9 Å². The Morgan fingerprint density at radius 2 is 1.87 bits per heavy atom. The van der Waals surface area contributed by atoms with E-state index in [0.29, 0.717) is 33.7 Å². The van der Waals surface area contributed by atoms with Crippen LogP contribution < -0.4 is 11.1 Å². The molecule has 0 unspecified atom stereocenters. The van der Waals surface area contributed by atoms with E-state index in [9.17, 15) is 4.79 Å². The number of hydrogen-bond donors (Lipinski definition) is 2. The Labute approximate surface area is 191 Å². The van der Waals surface area contributed by atoms with Crippen molar-refractivity contribution in [3.63, 3.8) is 0 Å². The summed E-state index contributed by atoms with van der Waals surface area (Å²) in [5.41, 5.74) is 10.5. The largest absolute Gasteiger partial charge is 0.384 e. The van der Waals surface area contributed by atoms with Gasteiger partial charge >= 0.3 is 0 Å². The summed E-state index contributed by atoms with van der Waals surface area (Å²) in [4.78, 5) is 12.4. The molecule has 3 N–H and O–H groups in total. The molecule has 1 aliphatic rings. The second kappa shape index (κ2) is 9.58. The van der Waals surface area contributed by atoms with Crippen LogP contribution in [-0.4, -0.2) is 22.2 Å². The molecule has 0 radical (unpaired) electrons. The average Bonchev–Trinajstić information content (AvgIpc) is 3.18. The van der Waals surface area contributed by atoms with E-state index in [4.69, 9.17) is 28.9 Å². The highest BCUT2D eigenvalue weighted by molar-refractivity contribution is 6.42. The van der Waals surface area contributed by atoms with Crippen molar-refractivity contribution in [3.05, 3.63) is 75.8 Å². The van der Waals surface area contributed by atoms with E-state index in [1.54, 1.807) is 35.0 Å².